The highest BCUT2D eigenvalue weighted by molar-refractivity contribution is 6.20. The Morgan fingerprint density at radius 3 is 2.31 bits per heavy atom. The quantitative estimate of drug-likeness (QED) is 0.191. The molecule has 0 saturated carbocycles. The van der Waals surface area contributed by atoms with E-state index < -0.39 is 0 Å². The van der Waals surface area contributed by atoms with E-state index in [1.165, 1.54) is 55.7 Å². The summed E-state index contributed by atoms with van der Waals surface area (Å²) in [5, 5.41) is 3.78. The lowest BCUT2D eigenvalue weighted by Gasteiger charge is -2.32. The van der Waals surface area contributed by atoms with Gasteiger partial charge in [-0.05, 0) is 95.0 Å². The predicted molar refractivity (Wildman–Crippen MR) is 244 cm³/mol. The van der Waals surface area contributed by atoms with Gasteiger partial charge in [0.05, 0.1) is 6.04 Å². The van der Waals surface area contributed by atoms with Crippen LogP contribution < -0.4 is 5.32 Å². The summed E-state index contributed by atoms with van der Waals surface area (Å²) in [4.78, 5) is 15.8. The number of benzene rings is 4. The minimum Gasteiger partial charge on any atom is -0.344 e. The van der Waals surface area contributed by atoms with Crippen LogP contribution in [0.3, 0.4) is 0 Å². The summed E-state index contributed by atoms with van der Waals surface area (Å²) in [5.41, 5.74) is 15.1. The number of dihydropyridines is 1. The van der Waals surface area contributed by atoms with Crippen LogP contribution in [0.25, 0.3) is 22.8 Å². The lowest BCUT2D eigenvalue weighted by atomic mass is 9.80. The van der Waals surface area contributed by atoms with Crippen molar-refractivity contribution in [3.8, 4) is 0 Å². The van der Waals surface area contributed by atoms with E-state index in [0.717, 1.165) is 67.7 Å². The normalized spacial score (nSPS) is 23.4. The van der Waals surface area contributed by atoms with Gasteiger partial charge in [-0.2, -0.15) is 0 Å². The van der Waals surface area contributed by atoms with Crippen molar-refractivity contribution >= 4 is 40.7 Å². The summed E-state index contributed by atoms with van der Waals surface area (Å²) in [6.07, 6.45) is 36.1. The molecule has 0 saturated heterocycles. The fourth-order valence-electron chi connectivity index (χ4n) is 9.11. The molecule has 4 nitrogen and oxygen atoms in total. The third kappa shape index (κ3) is 7.55. The summed E-state index contributed by atoms with van der Waals surface area (Å²) in [5.74, 6) is 2.25. The van der Waals surface area contributed by atoms with E-state index in [1.54, 1.807) is 0 Å². The van der Waals surface area contributed by atoms with Crippen LogP contribution in [0.1, 0.15) is 89.0 Å². The standard InChI is InChI=1S/C54H48N4/c1-4-13-37(14-5-1)40-23-28-43(29-24-40)52-56-53(44-30-25-41(26-31-44)38-15-6-2-7-16-38)58-54(57-52)48-22-12-21-47(34-48)51-35-49(42-18-8-3-9-19-42)50(36-55-51)46-32-27-39-17-10-11-20-45(39)33-46/h1,3-6,8-10,12-13,15-19,21-33,36-37,47,51,54H,2,7,11,14,20,34-35H2,(H,56,57,58). The molecular formula is C54H48N4. The van der Waals surface area contributed by atoms with Crippen molar-refractivity contribution in [2.75, 3.05) is 0 Å². The molecule has 284 valence electrons. The smallest absolute Gasteiger partial charge is 0.159 e. The van der Waals surface area contributed by atoms with Crippen LogP contribution in [0.15, 0.2) is 184 Å². The number of rotatable bonds is 8. The summed E-state index contributed by atoms with van der Waals surface area (Å²) in [6.45, 7) is 0. The molecule has 58 heavy (non-hydrogen) atoms. The molecule has 4 aromatic carbocycles. The highest BCUT2D eigenvalue weighted by Gasteiger charge is 2.31. The topological polar surface area (TPSA) is 49.1 Å². The number of fused-ring (bicyclic) bond motifs is 1. The second-order valence-electron chi connectivity index (χ2n) is 16.1. The van der Waals surface area contributed by atoms with Gasteiger partial charge in [0.1, 0.15) is 12.0 Å². The first-order chi connectivity index (χ1) is 28.7. The average molecular weight is 753 g/mol. The molecule has 0 amide bonds. The van der Waals surface area contributed by atoms with Gasteiger partial charge in [0.2, 0.25) is 0 Å². The molecule has 4 heteroatoms. The molecule has 4 atom stereocenters. The summed E-state index contributed by atoms with van der Waals surface area (Å²) in [6, 6.07) is 35.7. The Balaban J connectivity index is 0.934. The van der Waals surface area contributed by atoms with Crippen LogP contribution in [0.5, 0.6) is 0 Å². The van der Waals surface area contributed by atoms with E-state index in [1.807, 2.05) is 0 Å². The largest absolute Gasteiger partial charge is 0.344 e. The highest BCUT2D eigenvalue weighted by atomic mass is 15.2. The Morgan fingerprint density at radius 2 is 1.48 bits per heavy atom. The number of allylic oxidation sites excluding steroid dienone is 12. The van der Waals surface area contributed by atoms with Crippen molar-refractivity contribution in [1.82, 2.24) is 5.32 Å². The van der Waals surface area contributed by atoms with Gasteiger partial charge >= 0.3 is 0 Å². The first kappa shape index (κ1) is 36.0. The Labute approximate surface area is 342 Å². The average Bonchev–Trinajstić information content (AvgIpc) is 3.32. The number of nitrogens with zero attached hydrogens (tertiary/aromatic N) is 3. The molecule has 0 aromatic heterocycles. The minimum absolute atomic E-state index is 0.117. The van der Waals surface area contributed by atoms with Crippen LogP contribution in [0.2, 0.25) is 0 Å². The van der Waals surface area contributed by atoms with E-state index in [4.69, 9.17) is 15.0 Å². The fourth-order valence-corrected chi connectivity index (χ4v) is 9.11. The Hall–Kier alpha value is -6.39. The van der Waals surface area contributed by atoms with E-state index in [9.17, 15) is 0 Å². The molecule has 0 radical (unpaired) electrons. The van der Waals surface area contributed by atoms with Crippen molar-refractivity contribution in [1.29, 1.82) is 0 Å². The molecule has 4 unspecified atom stereocenters. The number of hydrogen-bond donors (Lipinski definition) is 1. The van der Waals surface area contributed by atoms with Crippen molar-refractivity contribution in [3.05, 3.63) is 214 Å². The minimum atomic E-state index is -0.249. The van der Waals surface area contributed by atoms with E-state index >= 15 is 0 Å². The number of aliphatic imine (C=N–C) groups is 3. The van der Waals surface area contributed by atoms with Crippen LogP contribution in [0, 0.1) is 5.92 Å². The monoisotopic (exact) mass is 752 g/mol. The van der Waals surface area contributed by atoms with Gasteiger partial charge in [-0.25, -0.2) is 9.98 Å². The number of hydrogen-bond acceptors (Lipinski definition) is 4. The van der Waals surface area contributed by atoms with Gasteiger partial charge in [0, 0.05) is 34.8 Å². The van der Waals surface area contributed by atoms with Crippen molar-refractivity contribution in [2.45, 2.75) is 63.1 Å². The zero-order valence-corrected chi connectivity index (χ0v) is 32.8. The van der Waals surface area contributed by atoms with Gasteiger partial charge < -0.3 is 5.32 Å². The molecular weight excluding hydrogens is 705 g/mol. The molecule has 1 N–H and O–H groups in total. The SMILES string of the molecule is C1=CCC(c2ccc(C3=NC(c4ccc(C5=CCCC=C5)cc4)=NC(C4=CC=CC(C5CC(c6ccccc6)=C(c6ccc7c(c6)CCC=C7)C=N5)C4)N3)cc2)C=C1. The molecule has 0 fully saturated rings. The van der Waals surface area contributed by atoms with Crippen molar-refractivity contribution in [3.63, 3.8) is 0 Å². The third-order valence-corrected chi connectivity index (χ3v) is 12.4. The number of nitrogens with one attached hydrogen (secondary N) is 1. The van der Waals surface area contributed by atoms with Crippen molar-refractivity contribution in [2.24, 2.45) is 20.9 Å². The van der Waals surface area contributed by atoms with E-state index in [0.29, 0.717) is 5.92 Å². The highest BCUT2D eigenvalue weighted by Crippen LogP contribution is 2.39. The van der Waals surface area contributed by atoms with Gasteiger partial charge in [-0.1, -0.05) is 170 Å². The van der Waals surface area contributed by atoms with Gasteiger partial charge in [-0.3, -0.25) is 4.99 Å². The molecule has 6 aliphatic rings. The molecule has 0 bridgehead atoms. The van der Waals surface area contributed by atoms with Crippen LogP contribution in [0.4, 0.5) is 0 Å². The number of aryl methyl sites for hydroxylation is 1. The molecule has 0 spiro atoms. The summed E-state index contributed by atoms with van der Waals surface area (Å²) >= 11 is 0. The molecule has 4 aromatic rings. The lowest BCUT2D eigenvalue weighted by Crippen LogP contribution is -2.41. The molecule has 10 rings (SSSR count). The molecule has 4 aliphatic carbocycles. The molecule has 2 aliphatic heterocycles. The summed E-state index contributed by atoms with van der Waals surface area (Å²) < 4.78 is 0. The zero-order valence-electron chi connectivity index (χ0n) is 32.8. The predicted octanol–water partition coefficient (Wildman–Crippen LogP) is 12.1. The summed E-state index contributed by atoms with van der Waals surface area (Å²) in [7, 11) is 0. The second kappa shape index (κ2) is 16.2. The maximum atomic E-state index is 5.33. The maximum absolute atomic E-state index is 5.33. The zero-order chi connectivity index (χ0) is 38.7. The van der Waals surface area contributed by atoms with Gasteiger partial charge in [0.15, 0.2) is 5.84 Å². The lowest BCUT2D eigenvalue weighted by molar-refractivity contribution is 0.485. The third-order valence-electron chi connectivity index (χ3n) is 12.4. The van der Waals surface area contributed by atoms with Crippen LogP contribution in [-0.4, -0.2) is 30.1 Å². The Kier molecular flexibility index (Phi) is 10.1. The van der Waals surface area contributed by atoms with E-state index in [-0.39, 0.29) is 18.1 Å². The fraction of sp³-hybridized carbons (Fsp3) is 0.204. The van der Waals surface area contributed by atoms with Crippen LogP contribution >= 0.6 is 0 Å². The maximum Gasteiger partial charge on any atom is 0.159 e. The van der Waals surface area contributed by atoms with Crippen molar-refractivity contribution < 1.29 is 0 Å². The van der Waals surface area contributed by atoms with Gasteiger partial charge in [0.25, 0.3) is 0 Å². The molecule has 2 heterocycles. The second-order valence-corrected chi connectivity index (χ2v) is 16.1. The van der Waals surface area contributed by atoms with Gasteiger partial charge in [-0.15, -0.1) is 0 Å². The van der Waals surface area contributed by atoms with Crippen LogP contribution in [-0.2, 0) is 6.42 Å². The number of amidine groups is 2. The first-order valence-electron chi connectivity index (χ1n) is 21.0. The van der Waals surface area contributed by atoms with E-state index in [2.05, 4.69) is 182 Å². The Bertz CT molecular complexity index is 2550. The Morgan fingerprint density at radius 1 is 0.655 bits per heavy atom. The first-order valence-corrected chi connectivity index (χ1v) is 21.0.